The number of nitrogens with zero attached hydrogens (tertiary/aromatic N) is 1. The molecule has 186 valence electrons. The van der Waals surface area contributed by atoms with Crippen LogP contribution in [0.3, 0.4) is 0 Å². The summed E-state index contributed by atoms with van der Waals surface area (Å²) in [4.78, 5) is 42.0. The van der Waals surface area contributed by atoms with Crippen molar-refractivity contribution in [3.05, 3.63) is 29.3 Å². The molecule has 0 aromatic heterocycles. The van der Waals surface area contributed by atoms with Crippen LogP contribution in [0.1, 0.15) is 51.9 Å². The largest absolute Gasteiger partial charge is 0.396 e. The van der Waals surface area contributed by atoms with Crippen LogP contribution in [0.15, 0.2) is 24.3 Å². The van der Waals surface area contributed by atoms with Gasteiger partial charge in [-0.2, -0.15) is 0 Å². The Hall–Kier alpha value is -2.16. The highest BCUT2D eigenvalue weighted by atomic mass is 35.5. The normalized spacial score (nSPS) is 29.4. The van der Waals surface area contributed by atoms with Crippen LogP contribution in [0.5, 0.6) is 0 Å². The molecule has 1 aromatic rings. The summed E-state index contributed by atoms with van der Waals surface area (Å²) in [6, 6.07) is 6.16. The lowest BCUT2D eigenvalue weighted by atomic mass is 9.70. The van der Waals surface area contributed by atoms with E-state index in [2.05, 4.69) is 10.6 Å². The minimum absolute atomic E-state index is 0.139. The molecule has 0 aliphatic carbocycles. The highest BCUT2D eigenvalue weighted by Crippen LogP contribution is 2.58. The van der Waals surface area contributed by atoms with Crippen molar-refractivity contribution >= 4 is 35.0 Å². The van der Waals surface area contributed by atoms with Crippen LogP contribution in [-0.2, 0) is 19.1 Å². The molecule has 1 aromatic carbocycles. The Labute approximate surface area is 205 Å². The minimum Gasteiger partial charge on any atom is -0.396 e. The van der Waals surface area contributed by atoms with Gasteiger partial charge in [-0.25, -0.2) is 0 Å². The molecule has 2 unspecified atom stereocenters. The summed E-state index contributed by atoms with van der Waals surface area (Å²) in [7, 11) is 0. The Kier molecular flexibility index (Phi) is 7.80. The van der Waals surface area contributed by atoms with Crippen molar-refractivity contribution in [3.63, 3.8) is 0 Å². The number of anilines is 1. The summed E-state index contributed by atoms with van der Waals surface area (Å²) in [5.41, 5.74) is -0.527. The first-order chi connectivity index (χ1) is 16.4. The molecule has 8 nitrogen and oxygen atoms in total. The molecule has 3 heterocycles. The predicted octanol–water partition coefficient (Wildman–Crippen LogP) is 2.73. The van der Waals surface area contributed by atoms with Gasteiger partial charge in [0.2, 0.25) is 17.7 Å². The average molecular weight is 492 g/mol. The van der Waals surface area contributed by atoms with Gasteiger partial charge in [0.15, 0.2) is 0 Å². The summed E-state index contributed by atoms with van der Waals surface area (Å²) in [6.45, 7) is 3.06. The van der Waals surface area contributed by atoms with Crippen LogP contribution < -0.4 is 10.6 Å². The molecule has 3 fully saturated rings. The number of nitrogens with one attached hydrogen (secondary N) is 2. The van der Waals surface area contributed by atoms with Crippen LogP contribution in [0.2, 0.25) is 5.02 Å². The second-order valence-electron chi connectivity index (χ2n) is 9.49. The Balaban J connectivity index is 1.61. The van der Waals surface area contributed by atoms with Crippen molar-refractivity contribution in [1.29, 1.82) is 0 Å². The maximum atomic E-state index is 13.7. The first kappa shape index (κ1) is 24.9. The van der Waals surface area contributed by atoms with Crippen molar-refractivity contribution < 1.29 is 24.2 Å². The number of halogens is 1. The number of carbonyl (C=O) groups is 3. The van der Waals surface area contributed by atoms with Gasteiger partial charge in [0.1, 0.15) is 11.6 Å². The topological polar surface area (TPSA) is 108 Å². The molecular weight excluding hydrogens is 458 g/mol. The van der Waals surface area contributed by atoms with Crippen LogP contribution in [-0.4, -0.2) is 65.2 Å². The molecule has 0 saturated carbocycles. The molecule has 2 bridgehead atoms. The Bertz CT molecular complexity index is 928. The van der Waals surface area contributed by atoms with E-state index >= 15 is 0 Å². The molecule has 4 rings (SSSR count). The number of amides is 3. The quantitative estimate of drug-likeness (QED) is 0.412. The number of hydrogen-bond acceptors (Lipinski definition) is 5. The van der Waals surface area contributed by atoms with Crippen LogP contribution in [0.25, 0.3) is 0 Å². The average Bonchev–Trinajstić information content (AvgIpc) is 3.46. The lowest BCUT2D eigenvalue weighted by Gasteiger charge is -2.33. The number of aliphatic hydroxyl groups excluding tert-OH is 1. The smallest absolute Gasteiger partial charge is 0.250 e. The number of hydrogen-bond donors (Lipinski definition) is 3. The molecule has 1 spiro atoms. The Morgan fingerprint density at radius 2 is 1.97 bits per heavy atom. The fourth-order valence-electron chi connectivity index (χ4n) is 5.87. The van der Waals surface area contributed by atoms with E-state index in [1.54, 1.807) is 29.2 Å². The molecule has 3 amide bonds. The molecule has 34 heavy (non-hydrogen) atoms. The van der Waals surface area contributed by atoms with Gasteiger partial charge in [-0.3, -0.25) is 14.4 Å². The summed E-state index contributed by atoms with van der Waals surface area (Å²) >= 11 is 6.27. The minimum atomic E-state index is -1.01. The van der Waals surface area contributed by atoms with E-state index in [1.165, 1.54) is 0 Å². The third-order valence-corrected chi connectivity index (χ3v) is 7.67. The zero-order valence-corrected chi connectivity index (χ0v) is 20.4. The number of aliphatic hydroxyl groups is 1. The second-order valence-corrected chi connectivity index (χ2v) is 9.89. The number of ether oxygens (including phenoxy) is 1. The van der Waals surface area contributed by atoms with E-state index in [-0.39, 0.29) is 30.4 Å². The fourth-order valence-corrected chi connectivity index (χ4v) is 6.05. The van der Waals surface area contributed by atoms with E-state index in [0.717, 1.165) is 19.3 Å². The monoisotopic (exact) mass is 491 g/mol. The first-order valence-electron chi connectivity index (χ1n) is 12.4. The number of benzene rings is 1. The second kappa shape index (κ2) is 10.6. The summed E-state index contributed by atoms with van der Waals surface area (Å²) in [6.07, 6.45) is 4.77. The zero-order valence-electron chi connectivity index (χ0n) is 19.6. The number of fused-ring (bicyclic) bond motifs is 1. The molecule has 0 radical (unpaired) electrons. The summed E-state index contributed by atoms with van der Waals surface area (Å²) < 4.78 is 6.39. The van der Waals surface area contributed by atoms with Gasteiger partial charge in [0, 0.05) is 19.7 Å². The number of para-hydroxylation sites is 1. The maximum Gasteiger partial charge on any atom is 0.250 e. The van der Waals surface area contributed by atoms with Gasteiger partial charge in [-0.1, -0.05) is 43.5 Å². The van der Waals surface area contributed by atoms with E-state index in [0.29, 0.717) is 49.5 Å². The maximum absolute atomic E-state index is 13.7. The standard InChI is InChI=1S/C25H34ClN3O5/c1-2-13-27-22(31)19-18-11-12-25(34-18)20(19)24(33)29(14-7-3-4-8-15-30)21(25)23(32)28-17-10-6-5-9-16(17)26/h5-6,9-10,18-21,30H,2-4,7-8,11-15H2,1H3,(H,27,31)(H,28,32)/t18-,19+,20-,21?,25?/m0/s1. The zero-order chi connectivity index (χ0) is 24.3. The number of unbranched alkanes of at least 4 members (excludes halogenated alkanes) is 3. The molecule has 3 N–H and O–H groups in total. The van der Waals surface area contributed by atoms with Crippen LogP contribution in [0.4, 0.5) is 5.69 Å². The predicted molar refractivity (Wildman–Crippen MR) is 128 cm³/mol. The highest BCUT2D eigenvalue weighted by molar-refractivity contribution is 6.33. The van der Waals surface area contributed by atoms with E-state index < -0.39 is 23.5 Å². The van der Waals surface area contributed by atoms with Crippen molar-refractivity contribution in [2.45, 2.75) is 69.6 Å². The molecule has 5 atom stereocenters. The Morgan fingerprint density at radius 3 is 2.71 bits per heavy atom. The highest BCUT2D eigenvalue weighted by Gasteiger charge is 2.74. The van der Waals surface area contributed by atoms with Crippen molar-refractivity contribution in [2.24, 2.45) is 11.8 Å². The van der Waals surface area contributed by atoms with Crippen molar-refractivity contribution in [1.82, 2.24) is 10.2 Å². The van der Waals surface area contributed by atoms with Crippen molar-refractivity contribution in [2.75, 3.05) is 25.0 Å². The molecule has 3 aliphatic rings. The Morgan fingerprint density at radius 1 is 1.21 bits per heavy atom. The van der Waals surface area contributed by atoms with Crippen LogP contribution in [0, 0.1) is 11.8 Å². The fraction of sp³-hybridized carbons (Fsp3) is 0.640. The summed E-state index contributed by atoms with van der Waals surface area (Å²) in [5.74, 6) is -1.93. The summed E-state index contributed by atoms with van der Waals surface area (Å²) in [5, 5.41) is 15.3. The van der Waals surface area contributed by atoms with Gasteiger partial charge >= 0.3 is 0 Å². The van der Waals surface area contributed by atoms with E-state index in [9.17, 15) is 14.4 Å². The van der Waals surface area contributed by atoms with E-state index in [1.807, 2.05) is 6.92 Å². The number of rotatable bonds is 11. The SMILES string of the molecule is CCCNC(=O)[C@@H]1[C@@H]2CCC3(O2)C(C(=O)Nc2ccccc2Cl)N(CCCCCCO)C(=O)[C@H]13. The molecule has 3 aliphatic heterocycles. The van der Waals surface area contributed by atoms with Gasteiger partial charge < -0.3 is 25.4 Å². The van der Waals surface area contributed by atoms with Gasteiger partial charge in [-0.05, 0) is 44.2 Å². The molecular formula is C25H34ClN3O5. The molecule has 9 heteroatoms. The lowest BCUT2D eigenvalue weighted by Crippen LogP contribution is -2.53. The van der Waals surface area contributed by atoms with Gasteiger partial charge in [-0.15, -0.1) is 0 Å². The molecule has 3 saturated heterocycles. The first-order valence-corrected chi connectivity index (χ1v) is 12.7. The number of carbonyl (C=O) groups excluding carboxylic acids is 3. The van der Waals surface area contributed by atoms with Gasteiger partial charge in [0.05, 0.1) is 28.6 Å². The third-order valence-electron chi connectivity index (χ3n) is 7.34. The number of likely N-dealkylation sites (tertiary alicyclic amines) is 1. The van der Waals surface area contributed by atoms with Gasteiger partial charge in [0.25, 0.3) is 0 Å². The lowest BCUT2D eigenvalue weighted by molar-refractivity contribution is -0.140. The van der Waals surface area contributed by atoms with Crippen molar-refractivity contribution in [3.8, 4) is 0 Å². The van der Waals surface area contributed by atoms with E-state index in [4.69, 9.17) is 21.4 Å². The van der Waals surface area contributed by atoms with Crippen LogP contribution >= 0.6 is 11.6 Å². The third kappa shape index (κ3) is 4.43.